The number of benzene rings is 2. The first-order chi connectivity index (χ1) is 14.1. The van der Waals surface area contributed by atoms with Gasteiger partial charge in [0.15, 0.2) is 17.5 Å². The number of likely N-dealkylation sites (N-methyl/N-ethyl adjacent to an activating group) is 1. The lowest BCUT2D eigenvalue weighted by atomic mass is 10.2. The molecule has 2 rings (SSSR count). The highest BCUT2D eigenvalue weighted by atomic mass is 127. The molecule has 0 atom stereocenters. The van der Waals surface area contributed by atoms with E-state index in [9.17, 15) is 4.79 Å². The molecule has 0 radical (unpaired) electrons. The zero-order chi connectivity index (χ0) is 21.1. The van der Waals surface area contributed by atoms with Crippen molar-refractivity contribution in [2.45, 2.75) is 20.4 Å². The van der Waals surface area contributed by atoms with E-state index in [1.165, 1.54) is 0 Å². The quantitative estimate of drug-likeness (QED) is 0.296. The highest BCUT2D eigenvalue weighted by Crippen LogP contribution is 2.29. The number of nitrogens with one attached hydrogen (secondary N) is 2. The molecule has 0 aliphatic heterocycles. The Morgan fingerprint density at radius 2 is 1.73 bits per heavy atom. The van der Waals surface area contributed by atoms with Crippen LogP contribution in [-0.2, 0) is 11.3 Å². The number of amides is 1. The lowest BCUT2D eigenvalue weighted by molar-refractivity contribution is -0.130. The number of hydrogen-bond acceptors (Lipinski definition) is 4. The highest BCUT2D eigenvalue weighted by molar-refractivity contribution is 14.0. The second-order valence-electron chi connectivity index (χ2n) is 6.28. The van der Waals surface area contributed by atoms with Crippen LogP contribution in [0.4, 0.5) is 5.69 Å². The Labute approximate surface area is 195 Å². The Morgan fingerprint density at radius 1 is 1.03 bits per heavy atom. The first-order valence-corrected chi connectivity index (χ1v) is 9.70. The van der Waals surface area contributed by atoms with E-state index in [0.29, 0.717) is 37.1 Å². The van der Waals surface area contributed by atoms with Crippen LogP contribution in [0.25, 0.3) is 0 Å². The van der Waals surface area contributed by atoms with Crippen molar-refractivity contribution in [2.24, 2.45) is 4.99 Å². The van der Waals surface area contributed by atoms with Crippen LogP contribution in [0.5, 0.6) is 11.5 Å². The van der Waals surface area contributed by atoms with Gasteiger partial charge in [0.2, 0.25) is 5.91 Å². The average Bonchev–Trinajstić information content (AvgIpc) is 2.76. The fourth-order valence-corrected chi connectivity index (χ4v) is 2.78. The minimum absolute atomic E-state index is 0. The molecule has 2 N–H and O–H groups in total. The van der Waals surface area contributed by atoms with Crippen LogP contribution in [0.1, 0.15) is 19.4 Å². The summed E-state index contributed by atoms with van der Waals surface area (Å²) in [5.74, 6) is 1.77. The maximum absolute atomic E-state index is 12.7. The zero-order valence-corrected chi connectivity index (χ0v) is 20.3. The largest absolute Gasteiger partial charge is 0.493 e. The normalized spacial score (nSPS) is 10.6. The van der Waals surface area contributed by atoms with Crippen LogP contribution < -0.4 is 20.1 Å². The van der Waals surface area contributed by atoms with Gasteiger partial charge >= 0.3 is 0 Å². The van der Waals surface area contributed by atoms with Crippen LogP contribution in [0.15, 0.2) is 53.5 Å². The van der Waals surface area contributed by atoms with Crippen molar-refractivity contribution in [3.63, 3.8) is 0 Å². The van der Waals surface area contributed by atoms with Crippen molar-refractivity contribution >= 4 is 41.5 Å². The van der Waals surface area contributed by atoms with Crippen LogP contribution in [-0.4, -0.2) is 50.6 Å². The molecule has 2 aromatic rings. The number of carbonyl (C=O) groups excluding carboxylic acids is 1. The summed E-state index contributed by atoms with van der Waals surface area (Å²) in [6.45, 7) is 5.88. The van der Waals surface area contributed by atoms with Crippen molar-refractivity contribution < 1.29 is 14.3 Å². The van der Waals surface area contributed by atoms with E-state index in [-0.39, 0.29) is 36.4 Å². The van der Waals surface area contributed by atoms with E-state index in [1.54, 1.807) is 19.1 Å². The number of hydrogen-bond donors (Lipinski definition) is 2. The van der Waals surface area contributed by atoms with Crippen LogP contribution in [0.2, 0.25) is 0 Å². The number of halogens is 1. The zero-order valence-electron chi connectivity index (χ0n) is 18.0. The average molecular weight is 526 g/mol. The molecule has 0 unspecified atom stereocenters. The molecular weight excluding hydrogens is 495 g/mol. The van der Waals surface area contributed by atoms with Gasteiger partial charge in [-0.2, -0.15) is 0 Å². The standard InChI is InChI=1S/C22H30N4O3.HI/c1-5-23-22(25-18-12-13-19(28-3)20(14-18)29-4)24-15-21(27)26(6-2)16-17-10-8-7-9-11-17;/h7-14H,5-6,15-16H2,1-4H3,(H2,23,24,25);1H. The molecule has 0 bridgehead atoms. The minimum atomic E-state index is -0.0270. The number of methoxy groups -OCH3 is 2. The third kappa shape index (κ3) is 7.74. The lowest BCUT2D eigenvalue weighted by Gasteiger charge is -2.20. The second-order valence-corrected chi connectivity index (χ2v) is 6.28. The fourth-order valence-electron chi connectivity index (χ4n) is 2.78. The smallest absolute Gasteiger partial charge is 0.244 e. The van der Waals surface area contributed by atoms with Gasteiger partial charge in [-0.15, -0.1) is 24.0 Å². The van der Waals surface area contributed by atoms with Gasteiger partial charge in [0.1, 0.15) is 6.54 Å². The van der Waals surface area contributed by atoms with Crippen LogP contribution in [0.3, 0.4) is 0 Å². The molecule has 0 saturated carbocycles. The third-order valence-electron chi connectivity index (χ3n) is 4.31. The first-order valence-electron chi connectivity index (χ1n) is 9.70. The highest BCUT2D eigenvalue weighted by Gasteiger charge is 2.12. The number of rotatable bonds is 9. The topological polar surface area (TPSA) is 75.2 Å². The Kier molecular flexibility index (Phi) is 11.7. The fraction of sp³-hybridized carbons (Fsp3) is 0.364. The summed E-state index contributed by atoms with van der Waals surface area (Å²) in [5.41, 5.74) is 1.88. The molecule has 7 nitrogen and oxygen atoms in total. The van der Waals surface area contributed by atoms with Gasteiger partial charge in [-0.1, -0.05) is 30.3 Å². The van der Waals surface area contributed by atoms with Gasteiger partial charge in [0.05, 0.1) is 14.2 Å². The summed E-state index contributed by atoms with van der Waals surface area (Å²) in [7, 11) is 3.18. The predicted molar refractivity (Wildman–Crippen MR) is 132 cm³/mol. The Morgan fingerprint density at radius 3 is 2.33 bits per heavy atom. The minimum Gasteiger partial charge on any atom is -0.493 e. The molecule has 0 saturated heterocycles. The number of ether oxygens (including phenoxy) is 2. The van der Waals surface area contributed by atoms with E-state index in [4.69, 9.17) is 9.47 Å². The molecule has 0 aliphatic rings. The SMILES string of the molecule is CCNC(=NCC(=O)N(CC)Cc1ccccc1)Nc1ccc(OC)c(OC)c1.I. The van der Waals surface area contributed by atoms with Crippen molar-refractivity contribution in [3.05, 3.63) is 54.1 Å². The number of nitrogens with zero attached hydrogens (tertiary/aromatic N) is 2. The molecule has 0 heterocycles. The van der Waals surface area contributed by atoms with Crippen molar-refractivity contribution in [3.8, 4) is 11.5 Å². The lowest BCUT2D eigenvalue weighted by Crippen LogP contribution is -2.35. The molecule has 164 valence electrons. The van der Waals surface area contributed by atoms with Gasteiger partial charge in [-0.3, -0.25) is 4.79 Å². The van der Waals surface area contributed by atoms with Gasteiger partial charge in [0, 0.05) is 31.4 Å². The summed E-state index contributed by atoms with van der Waals surface area (Å²) in [6.07, 6.45) is 0. The summed E-state index contributed by atoms with van der Waals surface area (Å²) < 4.78 is 10.6. The molecule has 0 fully saturated rings. The maximum atomic E-state index is 12.7. The van der Waals surface area contributed by atoms with Gasteiger partial charge in [-0.05, 0) is 31.5 Å². The molecular formula is C22H31IN4O3. The molecule has 0 aromatic heterocycles. The van der Waals surface area contributed by atoms with E-state index in [0.717, 1.165) is 11.3 Å². The molecule has 8 heteroatoms. The first kappa shape index (κ1) is 25.5. The summed E-state index contributed by atoms with van der Waals surface area (Å²) in [5, 5.41) is 6.36. The van der Waals surface area contributed by atoms with Crippen molar-refractivity contribution in [2.75, 3.05) is 39.2 Å². The van der Waals surface area contributed by atoms with Gasteiger partial charge < -0.3 is 25.0 Å². The summed E-state index contributed by atoms with van der Waals surface area (Å²) in [4.78, 5) is 18.9. The number of anilines is 1. The summed E-state index contributed by atoms with van der Waals surface area (Å²) in [6, 6.07) is 15.4. The van der Waals surface area contributed by atoms with E-state index in [2.05, 4.69) is 15.6 Å². The molecule has 0 spiro atoms. The van der Waals surface area contributed by atoms with E-state index in [1.807, 2.05) is 62.4 Å². The Hall–Kier alpha value is -2.49. The third-order valence-corrected chi connectivity index (χ3v) is 4.31. The number of guanidine groups is 1. The van der Waals surface area contributed by atoms with E-state index >= 15 is 0 Å². The number of carbonyl (C=O) groups is 1. The molecule has 1 amide bonds. The summed E-state index contributed by atoms with van der Waals surface area (Å²) >= 11 is 0. The predicted octanol–water partition coefficient (Wildman–Crippen LogP) is 3.75. The van der Waals surface area contributed by atoms with Crippen molar-refractivity contribution in [1.82, 2.24) is 10.2 Å². The van der Waals surface area contributed by atoms with E-state index < -0.39 is 0 Å². The maximum Gasteiger partial charge on any atom is 0.244 e. The molecule has 2 aromatic carbocycles. The second kappa shape index (κ2) is 13.7. The van der Waals surface area contributed by atoms with Crippen LogP contribution >= 0.6 is 24.0 Å². The van der Waals surface area contributed by atoms with Gasteiger partial charge in [0.25, 0.3) is 0 Å². The Balaban J connectivity index is 0.00000450. The van der Waals surface area contributed by atoms with Crippen molar-refractivity contribution in [1.29, 1.82) is 0 Å². The monoisotopic (exact) mass is 526 g/mol. The van der Waals surface area contributed by atoms with Gasteiger partial charge in [-0.25, -0.2) is 4.99 Å². The number of aliphatic imine (C=N–C) groups is 1. The Bertz CT molecular complexity index is 815. The molecule has 30 heavy (non-hydrogen) atoms. The van der Waals surface area contributed by atoms with Crippen LogP contribution in [0, 0.1) is 0 Å². The molecule has 0 aliphatic carbocycles.